The van der Waals surface area contributed by atoms with E-state index in [-0.39, 0.29) is 96.9 Å². The Bertz CT molecular complexity index is 3240. The van der Waals surface area contributed by atoms with Crippen molar-refractivity contribution in [3.63, 3.8) is 0 Å². The van der Waals surface area contributed by atoms with Gasteiger partial charge in [0.1, 0.15) is 11.6 Å². The Hall–Kier alpha value is -10.2. The van der Waals surface area contributed by atoms with Gasteiger partial charge in [0.15, 0.2) is 34.6 Å². The van der Waals surface area contributed by atoms with E-state index in [1.165, 1.54) is 0 Å². The normalized spacial score (nSPS) is 11.8. The lowest BCUT2D eigenvalue weighted by Gasteiger charge is -2.15. The molecule has 5 aromatic heterocycles. The number of nitrogen functional groups attached to an aromatic ring is 2. The van der Waals surface area contributed by atoms with Gasteiger partial charge < -0.3 is 31.9 Å². The van der Waals surface area contributed by atoms with Gasteiger partial charge in [0, 0.05) is 10.8 Å². The summed E-state index contributed by atoms with van der Waals surface area (Å²) >= 11 is 0. The van der Waals surface area contributed by atoms with E-state index in [2.05, 4.69) is 60.6 Å². The van der Waals surface area contributed by atoms with Crippen molar-refractivity contribution in [2.24, 2.45) is 20.5 Å². The average Bonchev–Trinajstić information content (AvgIpc) is 4.06. The third-order valence-corrected chi connectivity index (χ3v) is 9.74. The molecule has 9 N–H and O–H groups in total. The van der Waals surface area contributed by atoms with Gasteiger partial charge in [0.2, 0.25) is 5.95 Å². The van der Waals surface area contributed by atoms with E-state index in [0.717, 1.165) is 67.5 Å². The predicted octanol–water partition coefficient (Wildman–Crippen LogP) is 5.71. The highest BCUT2D eigenvalue weighted by molar-refractivity contribution is 5.96. The quantitative estimate of drug-likeness (QED) is 0.0569. The molecule has 0 radical (unpaired) electrons. The molecule has 0 spiro atoms. The first-order valence-corrected chi connectivity index (χ1v) is 19.7. The van der Waals surface area contributed by atoms with Gasteiger partial charge in [-0.1, -0.05) is 41.5 Å². The van der Waals surface area contributed by atoms with Crippen molar-refractivity contribution in [3.05, 3.63) is 110 Å². The molecule has 7 aromatic rings. The number of benzene rings is 2. The molecule has 0 fully saturated rings. The van der Waals surface area contributed by atoms with Crippen molar-refractivity contribution in [1.29, 1.82) is 5.26 Å². The Kier molecular flexibility index (Phi) is 11.7. The zero-order valence-corrected chi connectivity index (χ0v) is 36.8. The largest absolute Gasteiger partial charge is 0.478 e. The fourth-order valence-electron chi connectivity index (χ4n) is 6.48. The molecule has 0 saturated carbocycles. The minimum Gasteiger partial charge on any atom is -0.478 e. The van der Waals surface area contributed by atoms with E-state index in [1.54, 1.807) is 41.5 Å². The maximum atomic E-state index is 13.3. The second-order valence-electron chi connectivity index (χ2n) is 16.7. The van der Waals surface area contributed by atoms with Gasteiger partial charge in [-0.05, 0) is 36.4 Å². The summed E-state index contributed by atoms with van der Waals surface area (Å²) in [6.45, 7) is 18.3. The molecule has 0 amide bonds. The van der Waals surface area contributed by atoms with E-state index in [0.29, 0.717) is 0 Å². The Morgan fingerprint density at radius 2 is 1.10 bits per heavy atom. The van der Waals surface area contributed by atoms with Gasteiger partial charge in [0.25, 0.3) is 11.6 Å². The molecule has 0 aliphatic heterocycles. The van der Waals surface area contributed by atoms with E-state index in [4.69, 9.17) is 18.0 Å². The highest BCUT2D eigenvalue weighted by atomic mass is 16.4. The minimum absolute atomic E-state index is 0.0599. The molecule has 348 valence electrons. The second-order valence-corrected chi connectivity index (χ2v) is 16.7. The van der Waals surface area contributed by atoms with Gasteiger partial charge >= 0.3 is 29.6 Å². The van der Waals surface area contributed by atoms with Crippen molar-refractivity contribution < 1.29 is 39.6 Å². The molecule has 0 bridgehead atoms. The number of carboxylic acids is 4. The van der Waals surface area contributed by atoms with Gasteiger partial charge in [-0.2, -0.15) is 45.0 Å². The van der Waals surface area contributed by atoms with Gasteiger partial charge in [0.05, 0.1) is 64.0 Å². The summed E-state index contributed by atoms with van der Waals surface area (Å²) in [5, 5.41) is 83.1. The van der Waals surface area contributed by atoms with E-state index in [1.807, 2.05) is 6.07 Å². The summed E-state index contributed by atoms with van der Waals surface area (Å²) in [5.41, 5.74) is 9.01. The Labute approximate surface area is 386 Å². The summed E-state index contributed by atoms with van der Waals surface area (Å²) in [7, 11) is 0. The van der Waals surface area contributed by atoms with Gasteiger partial charge in [-0.25, -0.2) is 38.2 Å². The highest BCUT2D eigenvalue weighted by Crippen LogP contribution is 2.41. The molecule has 0 saturated heterocycles. The highest BCUT2D eigenvalue weighted by Gasteiger charge is 2.31. The number of H-pyrrole nitrogens is 1. The Morgan fingerprint density at radius 3 is 1.55 bits per heavy atom. The average molecular weight is 938 g/mol. The molecule has 5 heterocycles. The number of nitrogens with one attached hydrogen (secondary N) is 1. The number of anilines is 2. The molecular weight excluding hydrogens is 903 g/mol. The van der Waals surface area contributed by atoms with E-state index in [9.17, 15) is 49.7 Å². The number of nitrogens with two attached hydrogens (primary N) is 2. The van der Waals surface area contributed by atoms with Crippen LogP contribution in [0, 0.1) is 17.9 Å². The zero-order valence-electron chi connectivity index (χ0n) is 36.8. The van der Waals surface area contributed by atoms with Crippen LogP contribution in [0.15, 0.2) is 74.0 Å². The van der Waals surface area contributed by atoms with Crippen LogP contribution in [0.5, 0.6) is 0 Å². The van der Waals surface area contributed by atoms with E-state index >= 15 is 0 Å². The van der Waals surface area contributed by atoms with Crippen molar-refractivity contribution in [2.45, 2.75) is 52.4 Å². The van der Waals surface area contributed by atoms with E-state index < -0.39 is 46.3 Å². The number of carbonyl (C=O) groups is 4. The maximum absolute atomic E-state index is 13.3. The van der Waals surface area contributed by atoms with Crippen LogP contribution in [0.2, 0.25) is 0 Å². The van der Waals surface area contributed by atoms with Crippen LogP contribution in [-0.4, -0.2) is 98.4 Å². The number of rotatable bonds is 12. The molecule has 28 heteroatoms. The van der Waals surface area contributed by atoms with Crippen LogP contribution in [-0.2, 0) is 10.8 Å². The number of azo groups is 2. The zero-order chi connectivity index (χ0) is 50.4. The first kappa shape index (κ1) is 46.7. The second kappa shape index (κ2) is 17.3. The van der Waals surface area contributed by atoms with Crippen LogP contribution in [0.1, 0.15) is 99.9 Å². The van der Waals surface area contributed by atoms with Crippen molar-refractivity contribution >= 4 is 64.2 Å². The van der Waals surface area contributed by atoms with Crippen LogP contribution in [0.25, 0.3) is 28.1 Å². The molecule has 7 rings (SSSR count). The lowest BCUT2D eigenvalue weighted by molar-refractivity contribution is 0.0676. The lowest BCUT2D eigenvalue weighted by atomic mass is 9.91. The number of hydrogen-bond donors (Lipinski definition) is 7. The number of nitriles is 1. The molecule has 0 atom stereocenters. The van der Waals surface area contributed by atoms with Gasteiger partial charge in [-0.3, -0.25) is 4.98 Å². The summed E-state index contributed by atoms with van der Waals surface area (Å²) in [6, 6.07) is 8.36. The number of nitrogens with zero attached hydrogens (tertiary/aromatic N) is 16. The third kappa shape index (κ3) is 8.93. The molecule has 69 heavy (non-hydrogen) atoms. The first-order chi connectivity index (χ1) is 32.4. The molecule has 0 unspecified atom stereocenters. The fourth-order valence-corrected chi connectivity index (χ4v) is 6.48. The minimum atomic E-state index is -1.42. The molecule has 28 nitrogen and oxygen atoms in total. The number of aromatic carboxylic acids is 4. The number of aromatic nitrogens is 11. The summed E-state index contributed by atoms with van der Waals surface area (Å²) < 4.78 is 4.09. The fraction of sp³-hybridized carbons (Fsp3) is 0.195. The van der Waals surface area contributed by atoms with Crippen LogP contribution in [0.4, 0.5) is 40.3 Å². The molecular formula is C41H35N19O9. The Balaban J connectivity index is 1.33. The standard InChI is InChI=1S/C41H35N19O9/c1-40(2,3)27-25(51-53-31-21(14-42)15-46-57(31)22-10-17(33(61)62)8-18(11-22)34(63)64)29(43)59(55-27)37-48-38(50-39(69)49-37)60-30(44)26(28(56-60)41(4,5)6)52-54-32-24(45-7)16-47-58(32)23-12-19(35(65)66)9-20(13-23)36(67)68/h8-13,15-16H,43-44H2,1-6H3,(H,61,62)(H,63,64)(H,65,66)(H,67,68)(H,48,49,50,69). The summed E-state index contributed by atoms with van der Waals surface area (Å²) in [5.74, 6) is -7.34. The SMILES string of the molecule is [C-]#[N+]c1cnn(-c2cc(C(=O)O)cc(C(=O)O)c2)c1N=Nc1c(C(C)(C)C)nn(-c2nc(-n3nc(C(C)(C)C)c(N=Nc4c(C#N)cnn4-c4cc(C(=O)O)cc(C(=O)O)c4)c3N)[nH]c(=O)n2)c1N. The molecule has 2 aromatic carbocycles. The topological polar surface area (TPSA) is 409 Å². The summed E-state index contributed by atoms with van der Waals surface area (Å²) in [6.07, 6.45) is 2.24. The number of aromatic amines is 1. The molecule has 0 aliphatic rings. The van der Waals surface area contributed by atoms with Crippen molar-refractivity contribution in [3.8, 4) is 29.3 Å². The number of hydrogen-bond acceptors (Lipinski definition) is 18. The Morgan fingerprint density at radius 1 is 0.667 bits per heavy atom. The smallest absolute Gasteiger partial charge is 0.351 e. The summed E-state index contributed by atoms with van der Waals surface area (Å²) in [4.78, 5) is 75.0. The van der Waals surface area contributed by atoms with Crippen LogP contribution in [0.3, 0.4) is 0 Å². The first-order valence-electron chi connectivity index (χ1n) is 19.7. The predicted molar refractivity (Wildman–Crippen MR) is 237 cm³/mol. The van der Waals surface area contributed by atoms with Crippen LogP contribution >= 0.6 is 0 Å². The van der Waals surface area contributed by atoms with Gasteiger partial charge in [-0.15, -0.1) is 20.5 Å². The molecule has 0 aliphatic carbocycles. The monoisotopic (exact) mass is 937 g/mol. The van der Waals surface area contributed by atoms with Crippen LogP contribution < -0.4 is 17.2 Å². The number of carboxylic acid groups (broad SMARTS) is 4. The van der Waals surface area contributed by atoms with Crippen molar-refractivity contribution in [1.82, 2.24) is 54.1 Å². The lowest BCUT2D eigenvalue weighted by Crippen LogP contribution is -2.22. The maximum Gasteiger partial charge on any atom is 0.351 e. The van der Waals surface area contributed by atoms with Crippen molar-refractivity contribution in [2.75, 3.05) is 11.5 Å². The third-order valence-electron chi connectivity index (χ3n) is 9.74.